The van der Waals surface area contributed by atoms with Gasteiger partial charge in [0.1, 0.15) is 28.2 Å². The highest BCUT2D eigenvalue weighted by Gasteiger charge is 2.13. The van der Waals surface area contributed by atoms with E-state index in [-0.39, 0.29) is 28.1 Å². The third kappa shape index (κ3) is 5.36. The second-order valence-electron chi connectivity index (χ2n) is 6.70. The molecule has 152 valence electrons. The monoisotopic (exact) mass is 397 g/mol. The first-order chi connectivity index (χ1) is 14.1. The summed E-state index contributed by atoms with van der Waals surface area (Å²) in [6.07, 6.45) is 3.46. The molecule has 0 aliphatic carbocycles. The highest BCUT2D eigenvalue weighted by molar-refractivity contribution is 5.86. The van der Waals surface area contributed by atoms with Crippen molar-refractivity contribution < 1.29 is 24.3 Å². The summed E-state index contributed by atoms with van der Waals surface area (Å²) >= 11 is 0. The maximum Gasteiger partial charge on any atom is 0.243 e. The summed E-state index contributed by atoms with van der Waals surface area (Å²) in [7, 11) is 0. The zero-order valence-electron chi connectivity index (χ0n) is 15.9. The lowest BCUT2D eigenvalue weighted by Crippen LogP contribution is -2.17. The fourth-order valence-electron chi connectivity index (χ4n) is 3.06. The molecular weight excluding hydrogens is 374 g/mol. The number of hydrogen-bond donors (Lipinski definition) is 3. The number of phenolic OH excluding ortho intramolecular Hbond substituents is 1. The average Bonchev–Trinajstić information content (AvgIpc) is 2.72. The molecule has 0 atom stereocenters. The number of carbonyl (C=O) groups is 1. The number of phenols is 1. The molecule has 29 heavy (non-hydrogen) atoms. The number of unbranched alkanes of at least 4 members (excludes halogenated alkanes) is 3. The SMILES string of the molecule is O=C(CCCCCCOc1cc(O)c2c(=O)cc(-c3ccccc3)oc2c1)NO. The number of benzene rings is 2. The molecule has 3 rings (SSSR count). The maximum absolute atomic E-state index is 12.4. The zero-order valence-corrected chi connectivity index (χ0v) is 15.9. The van der Waals surface area contributed by atoms with Crippen molar-refractivity contribution in [3.05, 3.63) is 58.8 Å². The summed E-state index contributed by atoms with van der Waals surface area (Å²) < 4.78 is 11.5. The van der Waals surface area contributed by atoms with Crippen LogP contribution in [0, 0.1) is 0 Å². The summed E-state index contributed by atoms with van der Waals surface area (Å²) in [4.78, 5) is 23.4. The first-order valence-electron chi connectivity index (χ1n) is 9.50. The van der Waals surface area contributed by atoms with Gasteiger partial charge in [0.25, 0.3) is 0 Å². The van der Waals surface area contributed by atoms with Crippen LogP contribution in [0.2, 0.25) is 0 Å². The lowest BCUT2D eigenvalue weighted by Gasteiger charge is -2.09. The van der Waals surface area contributed by atoms with Crippen molar-refractivity contribution in [3.8, 4) is 22.8 Å². The molecule has 3 aromatic rings. The van der Waals surface area contributed by atoms with E-state index < -0.39 is 0 Å². The Bertz CT molecular complexity index is 1030. The normalized spacial score (nSPS) is 10.8. The minimum atomic E-state index is -0.385. The van der Waals surface area contributed by atoms with Gasteiger partial charge in [0, 0.05) is 30.2 Å². The molecule has 0 unspecified atom stereocenters. The van der Waals surface area contributed by atoms with Crippen LogP contribution < -0.4 is 15.6 Å². The van der Waals surface area contributed by atoms with Crippen LogP contribution in [0.5, 0.6) is 11.5 Å². The van der Waals surface area contributed by atoms with Crippen LogP contribution >= 0.6 is 0 Å². The van der Waals surface area contributed by atoms with E-state index in [4.69, 9.17) is 14.4 Å². The highest BCUT2D eigenvalue weighted by Crippen LogP contribution is 2.31. The third-order valence-corrected chi connectivity index (χ3v) is 4.53. The molecule has 2 aromatic carbocycles. The number of aromatic hydroxyl groups is 1. The van der Waals surface area contributed by atoms with Gasteiger partial charge in [-0.05, 0) is 12.8 Å². The summed E-state index contributed by atoms with van der Waals surface area (Å²) in [6.45, 7) is 0.430. The van der Waals surface area contributed by atoms with Gasteiger partial charge in [0.15, 0.2) is 5.43 Å². The molecule has 1 amide bonds. The van der Waals surface area contributed by atoms with E-state index in [2.05, 4.69) is 0 Å². The van der Waals surface area contributed by atoms with Gasteiger partial charge in [-0.15, -0.1) is 0 Å². The maximum atomic E-state index is 12.4. The molecule has 1 heterocycles. The minimum absolute atomic E-state index is 0.124. The van der Waals surface area contributed by atoms with Crippen molar-refractivity contribution in [1.82, 2.24) is 5.48 Å². The molecule has 7 nitrogen and oxygen atoms in total. The van der Waals surface area contributed by atoms with Gasteiger partial charge in [-0.2, -0.15) is 0 Å². The number of fused-ring (bicyclic) bond motifs is 1. The van der Waals surface area contributed by atoms with Gasteiger partial charge in [0.2, 0.25) is 5.91 Å². The Kier molecular flexibility index (Phi) is 6.86. The Morgan fingerprint density at radius 2 is 1.79 bits per heavy atom. The largest absolute Gasteiger partial charge is 0.507 e. The lowest BCUT2D eigenvalue weighted by molar-refractivity contribution is -0.129. The van der Waals surface area contributed by atoms with E-state index in [0.717, 1.165) is 24.8 Å². The topological polar surface area (TPSA) is 109 Å². The summed E-state index contributed by atoms with van der Waals surface area (Å²) in [5.74, 6) is 0.278. The molecule has 0 radical (unpaired) electrons. The van der Waals surface area contributed by atoms with E-state index in [1.807, 2.05) is 30.3 Å². The van der Waals surface area contributed by atoms with E-state index >= 15 is 0 Å². The fraction of sp³-hybridized carbons (Fsp3) is 0.273. The average molecular weight is 397 g/mol. The standard InChI is InChI=1S/C22H23NO6/c24-17-12-16(28-11-7-2-1-6-10-21(26)23-27)13-20-22(17)18(25)14-19(29-20)15-8-4-3-5-9-15/h3-5,8-9,12-14,24,27H,1-2,6-7,10-11H2,(H,23,26). The van der Waals surface area contributed by atoms with Crippen molar-refractivity contribution >= 4 is 16.9 Å². The molecule has 7 heteroatoms. The van der Waals surface area contributed by atoms with Crippen LogP contribution in [-0.2, 0) is 4.79 Å². The predicted octanol–water partition coefficient (Wildman–Crippen LogP) is 4.00. The molecule has 0 saturated heterocycles. The van der Waals surface area contributed by atoms with Gasteiger partial charge in [-0.3, -0.25) is 14.8 Å². The Balaban J connectivity index is 1.65. The number of ether oxygens (including phenoxy) is 1. The first-order valence-corrected chi connectivity index (χ1v) is 9.50. The van der Waals surface area contributed by atoms with Gasteiger partial charge >= 0.3 is 0 Å². The smallest absolute Gasteiger partial charge is 0.243 e. The van der Waals surface area contributed by atoms with Crippen molar-refractivity contribution in [1.29, 1.82) is 0 Å². The summed E-state index contributed by atoms with van der Waals surface area (Å²) in [6, 6.07) is 13.7. The molecule has 0 bridgehead atoms. The Morgan fingerprint density at radius 3 is 2.55 bits per heavy atom. The van der Waals surface area contributed by atoms with Gasteiger partial charge in [-0.1, -0.05) is 43.2 Å². The van der Waals surface area contributed by atoms with Crippen LogP contribution in [0.15, 0.2) is 57.7 Å². The Labute approximate surface area is 167 Å². The van der Waals surface area contributed by atoms with E-state index in [1.165, 1.54) is 12.1 Å². The number of carbonyl (C=O) groups excluding carboxylic acids is 1. The lowest BCUT2D eigenvalue weighted by atomic mass is 10.1. The molecular formula is C22H23NO6. The summed E-state index contributed by atoms with van der Waals surface area (Å²) in [5.41, 5.74) is 2.33. The number of hydrogen-bond acceptors (Lipinski definition) is 6. The summed E-state index contributed by atoms with van der Waals surface area (Å²) in [5, 5.41) is 18.8. The number of hydroxylamine groups is 1. The van der Waals surface area contributed by atoms with Crippen LogP contribution in [0.25, 0.3) is 22.3 Å². The van der Waals surface area contributed by atoms with Crippen molar-refractivity contribution in [2.45, 2.75) is 32.1 Å². The van der Waals surface area contributed by atoms with Crippen LogP contribution in [0.4, 0.5) is 0 Å². The molecule has 0 aliphatic rings. The molecule has 1 aromatic heterocycles. The second-order valence-corrected chi connectivity index (χ2v) is 6.70. The minimum Gasteiger partial charge on any atom is -0.507 e. The van der Waals surface area contributed by atoms with Crippen LogP contribution in [0.3, 0.4) is 0 Å². The van der Waals surface area contributed by atoms with E-state index in [9.17, 15) is 14.7 Å². The number of nitrogens with one attached hydrogen (secondary N) is 1. The second kappa shape index (κ2) is 9.75. The van der Waals surface area contributed by atoms with Gasteiger partial charge in [0.05, 0.1) is 6.61 Å². The molecule has 3 N–H and O–H groups in total. The number of amides is 1. The van der Waals surface area contributed by atoms with Crippen molar-refractivity contribution in [2.24, 2.45) is 0 Å². The van der Waals surface area contributed by atoms with Crippen LogP contribution in [0.1, 0.15) is 32.1 Å². The third-order valence-electron chi connectivity index (χ3n) is 4.53. The van der Waals surface area contributed by atoms with Gasteiger partial charge in [-0.25, -0.2) is 5.48 Å². The number of rotatable bonds is 9. The van der Waals surface area contributed by atoms with Crippen molar-refractivity contribution in [2.75, 3.05) is 6.61 Å². The Hall–Kier alpha value is -3.32. The molecule has 0 fully saturated rings. The van der Waals surface area contributed by atoms with E-state index in [0.29, 0.717) is 31.0 Å². The fourth-order valence-corrected chi connectivity index (χ4v) is 3.06. The quantitative estimate of drug-likeness (QED) is 0.286. The van der Waals surface area contributed by atoms with Crippen molar-refractivity contribution in [3.63, 3.8) is 0 Å². The van der Waals surface area contributed by atoms with E-state index in [1.54, 1.807) is 11.5 Å². The molecule has 0 saturated carbocycles. The molecule has 0 aliphatic heterocycles. The Morgan fingerprint density at radius 1 is 1.03 bits per heavy atom. The van der Waals surface area contributed by atoms with Crippen LogP contribution in [-0.4, -0.2) is 22.8 Å². The predicted molar refractivity (Wildman–Crippen MR) is 108 cm³/mol. The van der Waals surface area contributed by atoms with Gasteiger partial charge < -0.3 is 14.3 Å². The first kappa shape index (κ1) is 20.4. The highest BCUT2D eigenvalue weighted by atomic mass is 16.5. The molecule has 0 spiro atoms. The zero-order chi connectivity index (χ0) is 20.6.